The van der Waals surface area contributed by atoms with Gasteiger partial charge in [-0.15, -0.1) is 0 Å². The van der Waals surface area contributed by atoms with Crippen LogP contribution < -0.4 is 11.1 Å². The molecule has 1 fully saturated rings. The molecule has 0 radical (unpaired) electrons. The Bertz CT molecular complexity index is 404. The van der Waals surface area contributed by atoms with E-state index in [2.05, 4.69) is 21.2 Å². The third-order valence-electron chi connectivity index (χ3n) is 3.14. The maximum Gasteiger partial charge on any atom is 0.147 e. The van der Waals surface area contributed by atoms with Crippen molar-refractivity contribution in [3.05, 3.63) is 28.2 Å². The molecule has 1 aliphatic carbocycles. The number of benzene rings is 1. The summed E-state index contributed by atoms with van der Waals surface area (Å²) in [6.07, 6.45) is 3.66. The van der Waals surface area contributed by atoms with Gasteiger partial charge in [0.1, 0.15) is 11.6 Å². The second-order valence-electron chi connectivity index (χ2n) is 4.50. The molecule has 2 rings (SSSR count). The van der Waals surface area contributed by atoms with Crippen molar-refractivity contribution in [3.8, 4) is 0 Å². The van der Waals surface area contributed by atoms with Crippen LogP contribution in [0.1, 0.15) is 25.7 Å². The van der Waals surface area contributed by atoms with Crippen LogP contribution in [0.25, 0.3) is 0 Å². The highest BCUT2D eigenvalue weighted by Gasteiger charge is 2.19. The Morgan fingerprint density at radius 2 is 1.76 bits per heavy atom. The fraction of sp³-hybridized carbons (Fsp3) is 0.500. The lowest BCUT2D eigenvalue weighted by atomic mass is 9.91. The summed E-state index contributed by atoms with van der Waals surface area (Å²) < 4.78 is 27.0. The van der Waals surface area contributed by atoms with Gasteiger partial charge >= 0.3 is 0 Å². The lowest BCUT2D eigenvalue weighted by Gasteiger charge is -2.27. The first-order valence-electron chi connectivity index (χ1n) is 5.73. The molecule has 0 saturated heterocycles. The molecule has 5 heteroatoms. The lowest BCUT2D eigenvalue weighted by Crippen LogP contribution is -2.33. The summed E-state index contributed by atoms with van der Waals surface area (Å²) in [7, 11) is 0. The monoisotopic (exact) mass is 304 g/mol. The van der Waals surface area contributed by atoms with Gasteiger partial charge in [0.15, 0.2) is 0 Å². The molecule has 0 atom stereocenters. The number of nitrogens with two attached hydrogens (primary N) is 1. The molecule has 0 heterocycles. The molecule has 1 saturated carbocycles. The number of hydrogen-bond acceptors (Lipinski definition) is 2. The molecule has 94 valence electrons. The Morgan fingerprint density at radius 1 is 1.12 bits per heavy atom. The minimum absolute atomic E-state index is 0.145. The van der Waals surface area contributed by atoms with Crippen molar-refractivity contribution >= 4 is 21.6 Å². The summed E-state index contributed by atoms with van der Waals surface area (Å²) in [4.78, 5) is 0. The first-order valence-corrected chi connectivity index (χ1v) is 6.52. The van der Waals surface area contributed by atoms with E-state index in [9.17, 15) is 8.78 Å². The molecule has 0 aliphatic heterocycles. The first kappa shape index (κ1) is 12.8. The highest BCUT2D eigenvalue weighted by Crippen LogP contribution is 2.26. The topological polar surface area (TPSA) is 38.0 Å². The Kier molecular flexibility index (Phi) is 3.99. The predicted molar refractivity (Wildman–Crippen MR) is 67.9 cm³/mol. The van der Waals surface area contributed by atoms with Crippen LogP contribution in [0.2, 0.25) is 0 Å². The Balaban J connectivity index is 2.06. The molecule has 1 aromatic rings. The van der Waals surface area contributed by atoms with E-state index in [0.717, 1.165) is 31.7 Å². The van der Waals surface area contributed by atoms with Crippen molar-refractivity contribution < 1.29 is 8.78 Å². The van der Waals surface area contributed by atoms with Gasteiger partial charge in [-0.2, -0.15) is 0 Å². The Morgan fingerprint density at radius 3 is 2.41 bits per heavy atom. The van der Waals surface area contributed by atoms with E-state index >= 15 is 0 Å². The second kappa shape index (κ2) is 5.31. The third kappa shape index (κ3) is 3.16. The van der Waals surface area contributed by atoms with Crippen molar-refractivity contribution in [3.63, 3.8) is 0 Å². The van der Waals surface area contributed by atoms with Crippen LogP contribution in [-0.4, -0.2) is 12.1 Å². The average Bonchev–Trinajstić information content (AvgIpc) is 2.29. The van der Waals surface area contributed by atoms with Gasteiger partial charge in [-0.1, -0.05) is 0 Å². The number of anilines is 1. The van der Waals surface area contributed by atoms with Gasteiger partial charge in [-0.25, -0.2) is 8.78 Å². The molecule has 0 amide bonds. The summed E-state index contributed by atoms with van der Waals surface area (Å²) in [6, 6.07) is 2.77. The number of nitrogens with one attached hydrogen (secondary N) is 1. The summed E-state index contributed by atoms with van der Waals surface area (Å²) in [5.41, 5.74) is 6.02. The zero-order valence-corrected chi connectivity index (χ0v) is 10.9. The maximum atomic E-state index is 13.6. The molecule has 17 heavy (non-hydrogen) atoms. The molecule has 3 N–H and O–H groups in total. The van der Waals surface area contributed by atoms with Gasteiger partial charge < -0.3 is 11.1 Å². The van der Waals surface area contributed by atoms with Crippen LogP contribution in [0, 0.1) is 11.6 Å². The van der Waals surface area contributed by atoms with E-state index in [-0.39, 0.29) is 22.2 Å². The van der Waals surface area contributed by atoms with Crippen LogP contribution in [0.5, 0.6) is 0 Å². The average molecular weight is 305 g/mol. The van der Waals surface area contributed by atoms with Crippen molar-refractivity contribution in [2.24, 2.45) is 5.73 Å². The molecule has 2 nitrogen and oxygen atoms in total. The van der Waals surface area contributed by atoms with Gasteiger partial charge in [-0.05, 0) is 47.7 Å². The molecule has 0 aromatic heterocycles. The molecule has 0 unspecified atom stereocenters. The Hall–Kier alpha value is -0.680. The quantitative estimate of drug-likeness (QED) is 0.822. The van der Waals surface area contributed by atoms with Gasteiger partial charge in [0.05, 0.1) is 10.2 Å². The maximum absolute atomic E-state index is 13.6. The summed E-state index contributed by atoms with van der Waals surface area (Å²) >= 11 is 2.95. The number of hydrogen-bond donors (Lipinski definition) is 2. The molecule has 0 spiro atoms. The fourth-order valence-corrected chi connectivity index (χ4v) is 2.43. The van der Waals surface area contributed by atoms with E-state index in [1.165, 1.54) is 6.07 Å². The summed E-state index contributed by atoms with van der Waals surface area (Å²) in [6.45, 7) is 0. The van der Waals surface area contributed by atoms with E-state index in [0.29, 0.717) is 0 Å². The predicted octanol–water partition coefficient (Wildman–Crippen LogP) is 3.41. The molecule has 0 bridgehead atoms. The fourth-order valence-electron chi connectivity index (χ4n) is 2.12. The van der Waals surface area contributed by atoms with Gasteiger partial charge in [-0.3, -0.25) is 0 Å². The van der Waals surface area contributed by atoms with Crippen LogP contribution in [0.4, 0.5) is 14.5 Å². The van der Waals surface area contributed by atoms with E-state index in [1.54, 1.807) is 0 Å². The van der Waals surface area contributed by atoms with Gasteiger partial charge in [0, 0.05) is 18.2 Å². The zero-order valence-electron chi connectivity index (χ0n) is 9.35. The van der Waals surface area contributed by atoms with Crippen molar-refractivity contribution in [2.45, 2.75) is 37.8 Å². The standard InChI is InChI=1S/C12H15BrF2N2/c13-9-5-11(15)12(6-10(9)14)17-8-3-1-7(16)2-4-8/h5-8,17H,1-4,16H2. The molecule has 1 aromatic carbocycles. The molecular weight excluding hydrogens is 290 g/mol. The van der Waals surface area contributed by atoms with Crippen LogP contribution >= 0.6 is 15.9 Å². The minimum atomic E-state index is -0.457. The minimum Gasteiger partial charge on any atom is -0.380 e. The van der Waals surface area contributed by atoms with E-state index < -0.39 is 11.6 Å². The van der Waals surface area contributed by atoms with Crippen molar-refractivity contribution in [2.75, 3.05) is 5.32 Å². The number of halogens is 3. The molecular formula is C12H15BrF2N2. The summed E-state index contributed by atoms with van der Waals surface area (Å²) in [5, 5.41) is 3.05. The highest BCUT2D eigenvalue weighted by atomic mass is 79.9. The third-order valence-corrected chi connectivity index (χ3v) is 3.75. The number of rotatable bonds is 2. The second-order valence-corrected chi connectivity index (χ2v) is 5.36. The van der Waals surface area contributed by atoms with Crippen LogP contribution in [0.15, 0.2) is 16.6 Å². The SMILES string of the molecule is NC1CCC(Nc2cc(F)c(Br)cc2F)CC1. The highest BCUT2D eigenvalue weighted by molar-refractivity contribution is 9.10. The first-order chi connectivity index (χ1) is 8.06. The van der Waals surface area contributed by atoms with E-state index in [1.807, 2.05) is 0 Å². The molecule has 1 aliphatic rings. The normalized spacial score (nSPS) is 24.7. The van der Waals surface area contributed by atoms with Crippen molar-refractivity contribution in [1.82, 2.24) is 0 Å². The van der Waals surface area contributed by atoms with E-state index in [4.69, 9.17) is 5.73 Å². The zero-order chi connectivity index (χ0) is 12.4. The van der Waals surface area contributed by atoms with Gasteiger partial charge in [0.2, 0.25) is 0 Å². The van der Waals surface area contributed by atoms with Crippen LogP contribution in [0.3, 0.4) is 0 Å². The largest absolute Gasteiger partial charge is 0.380 e. The summed E-state index contributed by atoms with van der Waals surface area (Å²) in [5.74, 6) is -0.894. The lowest BCUT2D eigenvalue weighted by molar-refractivity contribution is 0.410. The van der Waals surface area contributed by atoms with Crippen LogP contribution in [-0.2, 0) is 0 Å². The Labute approximate surface area is 108 Å². The smallest absolute Gasteiger partial charge is 0.147 e. The van der Waals surface area contributed by atoms with Gasteiger partial charge in [0.25, 0.3) is 0 Å². The van der Waals surface area contributed by atoms with Crippen molar-refractivity contribution in [1.29, 1.82) is 0 Å².